The highest BCUT2D eigenvalue weighted by Crippen LogP contribution is 2.28. The molecule has 12 nitrogen and oxygen atoms in total. The Morgan fingerprint density at radius 3 is 2.36 bits per heavy atom. The van der Waals surface area contributed by atoms with Crippen molar-refractivity contribution >= 4 is 29.8 Å². The Morgan fingerprint density at radius 2 is 1.68 bits per heavy atom. The molecule has 44 heavy (non-hydrogen) atoms. The highest BCUT2D eigenvalue weighted by Gasteiger charge is 2.35. The fourth-order valence-electron chi connectivity index (χ4n) is 5.38. The van der Waals surface area contributed by atoms with Crippen LogP contribution in [0.2, 0.25) is 0 Å². The van der Waals surface area contributed by atoms with Crippen molar-refractivity contribution < 1.29 is 43.3 Å². The zero-order valence-corrected chi connectivity index (χ0v) is 26.0. The maximum absolute atomic E-state index is 13.7. The minimum Gasteiger partial charge on any atom is -0.466 e. The van der Waals surface area contributed by atoms with E-state index in [9.17, 15) is 29.1 Å². The number of nitrogens with one attached hydrogen (secondary N) is 3. The molecule has 2 fully saturated rings. The molecule has 3 amide bonds. The maximum Gasteiger partial charge on any atom is 0.408 e. The summed E-state index contributed by atoms with van der Waals surface area (Å²) >= 11 is 0. The number of amides is 3. The lowest BCUT2D eigenvalue weighted by Crippen LogP contribution is -2.58. The zero-order chi connectivity index (χ0) is 32.1. The van der Waals surface area contributed by atoms with Gasteiger partial charge in [-0.1, -0.05) is 62.4 Å². The molecule has 244 valence electrons. The first-order chi connectivity index (χ1) is 20.9. The van der Waals surface area contributed by atoms with Gasteiger partial charge in [-0.2, -0.15) is 0 Å². The first-order valence-electron chi connectivity index (χ1n) is 15.6. The van der Waals surface area contributed by atoms with Crippen LogP contribution in [0.3, 0.4) is 0 Å². The molecule has 1 heterocycles. The van der Waals surface area contributed by atoms with Crippen LogP contribution in [-0.2, 0) is 39.8 Å². The molecule has 0 bridgehead atoms. The Bertz CT molecular complexity index is 1120. The van der Waals surface area contributed by atoms with E-state index in [1.165, 1.54) is 0 Å². The van der Waals surface area contributed by atoms with Gasteiger partial charge in [0.1, 0.15) is 17.7 Å². The monoisotopic (exact) mass is 617 g/mol. The van der Waals surface area contributed by atoms with Crippen LogP contribution in [0, 0.1) is 5.92 Å². The van der Waals surface area contributed by atoms with Gasteiger partial charge in [-0.05, 0) is 45.1 Å². The van der Waals surface area contributed by atoms with Crippen molar-refractivity contribution in [1.82, 2.24) is 16.0 Å². The Kier molecular flexibility index (Phi) is 13.4. The van der Waals surface area contributed by atoms with Crippen molar-refractivity contribution in [2.24, 2.45) is 5.92 Å². The summed E-state index contributed by atoms with van der Waals surface area (Å²) in [5, 5.41) is 19.0. The second kappa shape index (κ2) is 17.0. The smallest absolute Gasteiger partial charge is 0.408 e. The lowest BCUT2D eigenvalue weighted by molar-refractivity contribution is -0.157. The zero-order valence-electron chi connectivity index (χ0n) is 26.0. The topological polar surface area (TPSA) is 169 Å². The number of rotatable bonds is 7. The number of aliphatic hydroxyl groups excluding tert-OH is 1. The number of benzene rings is 1. The molecule has 0 radical (unpaired) electrons. The van der Waals surface area contributed by atoms with Crippen LogP contribution in [0.1, 0.15) is 84.1 Å². The molecule has 0 aromatic heterocycles. The van der Waals surface area contributed by atoms with Gasteiger partial charge in [-0.25, -0.2) is 9.59 Å². The molecule has 4 N–H and O–H groups in total. The van der Waals surface area contributed by atoms with Crippen molar-refractivity contribution in [3.05, 3.63) is 35.9 Å². The van der Waals surface area contributed by atoms with Crippen molar-refractivity contribution in [3.8, 4) is 0 Å². The summed E-state index contributed by atoms with van der Waals surface area (Å²) < 4.78 is 15.7. The lowest BCUT2D eigenvalue weighted by atomic mass is 9.83. The van der Waals surface area contributed by atoms with Gasteiger partial charge in [0.05, 0.1) is 19.3 Å². The van der Waals surface area contributed by atoms with Crippen molar-refractivity contribution in [1.29, 1.82) is 0 Å². The third-order valence-corrected chi connectivity index (χ3v) is 7.62. The third-order valence-electron chi connectivity index (χ3n) is 7.62. The van der Waals surface area contributed by atoms with E-state index in [0.717, 1.165) is 37.7 Å². The Hall–Kier alpha value is -3.67. The SMILES string of the molecule is CC(C)(C)OC(=O)N[C@@H](Cc1ccccc1)C(=O)NC1CCC(=O)OCCCOC(=O)[C@H](O)C(CC2CCCCC2)NC1=O. The molecule has 3 rings (SSSR count). The average Bonchev–Trinajstić information content (AvgIpc) is 2.97. The molecule has 1 aliphatic heterocycles. The molecule has 1 aliphatic carbocycles. The predicted octanol–water partition coefficient (Wildman–Crippen LogP) is 2.69. The molecule has 1 aromatic carbocycles. The van der Waals surface area contributed by atoms with E-state index in [1.807, 2.05) is 6.07 Å². The second-order valence-corrected chi connectivity index (χ2v) is 12.5. The van der Waals surface area contributed by atoms with Crippen LogP contribution in [0.5, 0.6) is 0 Å². The van der Waals surface area contributed by atoms with Gasteiger partial charge < -0.3 is 35.3 Å². The van der Waals surface area contributed by atoms with Crippen LogP contribution in [0.4, 0.5) is 4.79 Å². The van der Waals surface area contributed by atoms with Gasteiger partial charge >= 0.3 is 18.0 Å². The third kappa shape index (κ3) is 12.1. The summed E-state index contributed by atoms with van der Waals surface area (Å²) in [6, 6.07) is 5.75. The Labute approximate surface area is 259 Å². The predicted molar refractivity (Wildman–Crippen MR) is 160 cm³/mol. The number of ether oxygens (including phenoxy) is 3. The van der Waals surface area contributed by atoms with Crippen molar-refractivity contribution in [2.45, 2.75) is 115 Å². The Morgan fingerprint density at radius 1 is 1.00 bits per heavy atom. The van der Waals surface area contributed by atoms with Crippen LogP contribution in [-0.4, -0.2) is 78.0 Å². The number of aliphatic hydroxyl groups is 1. The van der Waals surface area contributed by atoms with E-state index in [2.05, 4.69) is 16.0 Å². The highest BCUT2D eigenvalue weighted by molar-refractivity contribution is 5.92. The first kappa shape index (κ1) is 34.8. The molecule has 0 spiro atoms. The molecule has 12 heteroatoms. The minimum absolute atomic E-state index is 0.00408. The summed E-state index contributed by atoms with van der Waals surface area (Å²) in [4.78, 5) is 65.0. The van der Waals surface area contributed by atoms with Crippen LogP contribution >= 0.6 is 0 Å². The molecule has 1 aromatic rings. The number of carbonyl (C=O) groups is 5. The Balaban J connectivity index is 1.83. The first-order valence-corrected chi connectivity index (χ1v) is 15.6. The van der Waals surface area contributed by atoms with Gasteiger partial charge in [0.15, 0.2) is 6.10 Å². The van der Waals surface area contributed by atoms with E-state index < -0.39 is 59.7 Å². The van der Waals surface area contributed by atoms with Gasteiger partial charge in [0.25, 0.3) is 0 Å². The summed E-state index contributed by atoms with van der Waals surface area (Å²) in [5.41, 5.74) is -0.0460. The number of alkyl carbamates (subject to hydrolysis) is 1. The molecule has 1 saturated carbocycles. The fourth-order valence-corrected chi connectivity index (χ4v) is 5.38. The van der Waals surface area contributed by atoms with E-state index in [0.29, 0.717) is 6.42 Å². The summed E-state index contributed by atoms with van der Waals surface area (Å²) in [5.74, 6) is -2.59. The van der Waals surface area contributed by atoms with Crippen molar-refractivity contribution in [2.75, 3.05) is 13.2 Å². The highest BCUT2D eigenvalue weighted by atomic mass is 16.6. The molecule has 1 saturated heterocycles. The summed E-state index contributed by atoms with van der Waals surface area (Å²) in [6.07, 6.45) is 3.04. The van der Waals surface area contributed by atoms with Gasteiger partial charge in [0.2, 0.25) is 11.8 Å². The molecule has 4 atom stereocenters. The quantitative estimate of drug-likeness (QED) is 0.265. The van der Waals surface area contributed by atoms with Gasteiger partial charge in [0, 0.05) is 19.3 Å². The number of carbonyl (C=O) groups excluding carboxylic acids is 5. The fraction of sp³-hybridized carbons (Fsp3) is 0.656. The van der Waals surface area contributed by atoms with E-state index in [1.54, 1.807) is 45.0 Å². The van der Waals surface area contributed by atoms with E-state index >= 15 is 0 Å². The molecular formula is C32H47N3O9. The summed E-state index contributed by atoms with van der Waals surface area (Å²) in [6.45, 7) is 5.05. The van der Waals surface area contributed by atoms with Crippen LogP contribution < -0.4 is 16.0 Å². The minimum atomic E-state index is -1.61. The van der Waals surface area contributed by atoms with Crippen LogP contribution in [0.25, 0.3) is 0 Å². The number of hydrogen-bond donors (Lipinski definition) is 4. The van der Waals surface area contributed by atoms with Gasteiger partial charge in [-0.15, -0.1) is 0 Å². The van der Waals surface area contributed by atoms with Gasteiger partial charge in [-0.3, -0.25) is 14.4 Å². The molecular weight excluding hydrogens is 570 g/mol. The second-order valence-electron chi connectivity index (χ2n) is 12.5. The molecule has 2 unspecified atom stereocenters. The maximum atomic E-state index is 13.7. The summed E-state index contributed by atoms with van der Waals surface area (Å²) in [7, 11) is 0. The van der Waals surface area contributed by atoms with Crippen LogP contribution in [0.15, 0.2) is 30.3 Å². The number of cyclic esters (lactones) is 2. The van der Waals surface area contributed by atoms with E-state index in [-0.39, 0.29) is 44.8 Å². The molecule has 2 aliphatic rings. The number of hydrogen-bond acceptors (Lipinski definition) is 9. The number of esters is 2. The standard InChI is InChI=1S/C32H47N3O9/c1-32(2,3)44-31(41)35-25(20-22-13-8-5-9-14-22)29(39)33-23-15-16-26(36)42-17-10-18-43-30(40)27(37)24(34-28(23)38)19-21-11-6-4-7-12-21/h5,8-9,13-14,21,23-25,27,37H,4,6-7,10-12,15-20H2,1-3H3,(H,33,39)(H,34,38)(H,35,41)/t23?,24?,25-,27+/m0/s1. The normalized spacial score (nSPS) is 23.6. The van der Waals surface area contributed by atoms with E-state index in [4.69, 9.17) is 14.2 Å². The largest absolute Gasteiger partial charge is 0.466 e. The van der Waals surface area contributed by atoms with Crippen molar-refractivity contribution in [3.63, 3.8) is 0 Å². The average molecular weight is 618 g/mol. The lowest BCUT2D eigenvalue weighted by Gasteiger charge is -2.31.